The van der Waals surface area contributed by atoms with E-state index in [1.165, 1.54) is 0 Å². The van der Waals surface area contributed by atoms with Crippen LogP contribution in [0.2, 0.25) is 0 Å². The molecule has 1 aromatic carbocycles. The summed E-state index contributed by atoms with van der Waals surface area (Å²) in [5.74, 6) is -0.0904. The minimum absolute atomic E-state index is 0.0904. The van der Waals surface area contributed by atoms with Gasteiger partial charge in [-0.25, -0.2) is 4.39 Å². The summed E-state index contributed by atoms with van der Waals surface area (Å²) in [6, 6.07) is 5.43. The number of rotatable bonds is 2. The first-order valence-electron chi connectivity index (χ1n) is 3.55. The van der Waals surface area contributed by atoms with Crippen molar-refractivity contribution in [3.8, 4) is 0 Å². The minimum atomic E-state index is -0.0904. The molecule has 0 aromatic heterocycles. The zero-order valence-corrected chi connectivity index (χ0v) is 8.56. The molecule has 0 saturated carbocycles. The van der Waals surface area contributed by atoms with E-state index in [1.807, 2.05) is 12.1 Å². The van der Waals surface area contributed by atoms with Gasteiger partial charge >= 0.3 is 0 Å². The first-order valence-corrected chi connectivity index (χ1v) is 5.07. The molecule has 0 aliphatic rings. The predicted molar refractivity (Wildman–Crippen MR) is 53.7 cm³/mol. The molecule has 0 nitrogen and oxygen atoms in total. The van der Waals surface area contributed by atoms with Crippen molar-refractivity contribution in [3.05, 3.63) is 35.1 Å². The molecule has 0 spiro atoms. The smallest absolute Gasteiger partial charge is 0.126 e. The van der Waals surface area contributed by atoms with Crippen LogP contribution in [0.15, 0.2) is 18.2 Å². The summed E-state index contributed by atoms with van der Waals surface area (Å²) in [7, 11) is 0. The van der Waals surface area contributed by atoms with Gasteiger partial charge in [0.2, 0.25) is 0 Å². The van der Waals surface area contributed by atoms with Crippen LogP contribution >= 0.6 is 22.6 Å². The van der Waals surface area contributed by atoms with Gasteiger partial charge in [0.05, 0.1) is 0 Å². The molecule has 0 saturated heterocycles. The van der Waals surface area contributed by atoms with E-state index in [0.29, 0.717) is 0 Å². The number of alkyl halides is 1. The van der Waals surface area contributed by atoms with Gasteiger partial charge in [0.15, 0.2) is 0 Å². The molecule has 0 atom stereocenters. The maximum atomic E-state index is 12.9. The molecule has 0 unspecified atom stereocenters. The Morgan fingerprint density at radius 2 is 2.18 bits per heavy atom. The Bertz CT molecular complexity index is 245. The largest absolute Gasteiger partial charge is 0.207 e. The van der Waals surface area contributed by atoms with Gasteiger partial charge in [0, 0.05) is 4.43 Å². The first kappa shape index (κ1) is 8.97. The van der Waals surface area contributed by atoms with Crippen LogP contribution in [0, 0.1) is 12.7 Å². The molecule has 0 aliphatic heterocycles. The van der Waals surface area contributed by atoms with E-state index < -0.39 is 0 Å². The van der Waals surface area contributed by atoms with Crippen molar-refractivity contribution in [2.45, 2.75) is 13.3 Å². The van der Waals surface area contributed by atoms with Crippen LogP contribution in [0.5, 0.6) is 0 Å². The van der Waals surface area contributed by atoms with Crippen LogP contribution in [-0.4, -0.2) is 4.43 Å². The number of aryl methyl sites for hydroxylation is 2. The Hall–Kier alpha value is -0.120. The highest BCUT2D eigenvalue weighted by molar-refractivity contribution is 14.1. The Balaban J connectivity index is 2.86. The lowest BCUT2D eigenvalue weighted by molar-refractivity contribution is 0.616. The number of benzene rings is 1. The Morgan fingerprint density at radius 1 is 1.45 bits per heavy atom. The second-order valence-electron chi connectivity index (χ2n) is 2.52. The lowest BCUT2D eigenvalue weighted by atomic mass is 10.1. The van der Waals surface area contributed by atoms with Crippen molar-refractivity contribution in [1.29, 1.82) is 0 Å². The molecule has 0 amide bonds. The molecule has 0 heterocycles. The highest BCUT2D eigenvalue weighted by atomic mass is 127. The molecule has 0 radical (unpaired) electrons. The zero-order chi connectivity index (χ0) is 8.27. The highest BCUT2D eigenvalue weighted by Crippen LogP contribution is 2.10. The lowest BCUT2D eigenvalue weighted by Crippen LogP contribution is -1.89. The first-order chi connectivity index (χ1) is 5.24. The minimum Gasteiger partial charge on any atom is -0.207 e. The Labute approximate surface area is 80.0 Å². The second-order valence-corrected chi connectivity index (χ2v) is 3.60. The number of hydrogen-bond donors (Lipinski definition) is 0. The van der Waals surface area contributed by atoms with Crippen LogP contribution < -0.4 is 0 Å². The molecule has 1 rings (SSSR count). The van der Waals surface area contributed by atoms with E-state index in [0.717, 1.165) is 22.0 Å². The third kappa shape index (κ3) is 2.43. The van der Waals surface area contributed by atoms with Crippen molar-refractivity contribution in [2.75, 3.05) is 4.43 Å². The third-order valence-corrected chi connectivity index (χ3v) is 2.16. The molecule has 0 bridgehead atoms. The average Bonchev–Trinajstić information content (AvgIpc) is 1.98. The fourth-order valence-corrected chi connectivity index (χ4v) is 1.52. The summed E-state index contributed by atoms with van der Waals surface area (Å²) in [4.78, 5) is 0. The van der Waals surface area contributed by atoms with Gasteiger partial charge in [-0.2, -0.15) is 0 Å². The molecule has 11 heavy (non-hydrogen) atoms. The highest BCUT2D eigenvalue weighted by Gasteiger charge is 1.97. The van der Waals surface area contributed by atoms with Crippen molar-refractivity contribution in [2.24, 2.45) is 0 Å². The van der Waals surface area contributed by atoms with Gasteiger partial charge in [0.25, 0.3) is 0 Å². The quantitative estimate of drug-likeness (QED) is 0.568. The van der Waals surface area contributed by atoms with Crippen LogP contribution in [0.3, 0.4) is 0 Å². The van der Waals surface area contributed by atoms with Gasteiger partial charge in [-0.1, -0.05) is 34.7 Å². The van der Waals surface area contributed by atoms with Crippen molar-refractivity contribution in [3.63, 3.8) is 0 Å². The van der Waals surface area contributed by atoms with Crippen molar-refractivity contribution >= 4 is 22.6 Å². The lowest BCUT2D eigenvalue weighted by Gasteiger charge is -1.99. The summed E-state index contributed by atoms with van der Waals surface area (Å²) < 4.78 is 13.9. The standard InChI is InChI=1S/C9H10FI/c1-7-2-3-8(4-5-11)6-9(7)10/h2-3,6H,4-5H2,1H3. The van der Waals surface area contributed by atoms with Gasteiger partial charge in [0.1, 0.15) is 5.82 Å². The maximum absolute atomic E-state index is 12.9. The fraction of sp³-hybridized carbons (Fsp3) is 0.333. The van der Waals surface area contributed by atoms with Crippen molar-refractivity contribution in [1.82, 2.24) is 0 Å². The van der Waals surface area contributed by atoms with E-state index >= 15 is 0 Å². The van der Waals surface area contributed by atoms with Crippen LogP contribution in [0.4, 0.5) is 4.39 Å². The summed E-state index contributed by atoms with van der Waals surface area (Å²) in [5, 5.41) is 0. The van der Waals surface area contributed by atoms with E-state index in [1.54, 1.807) is 13.0 Å². The summed E-state index contributed by atoms with van der Waals surface area (Å²) >= 11 is 2.29. The third-order valence-electron chi connectivity index (χ3n) is 1.62. The van der Waals surface area contributed by atoms with E-state index in [4.69, 9.17) is 0 Å². The van der Waals surface area contributed by atoms with Crippen molar-refractivity contribution < 1.29 is 4.39 Å². The second kappa shape index (κ2) is 4.04. The monoisotopic (exact) mass is 264 g/mol. The van der Waals surface area contributed by atoms with E-state index in [2.05, 4.69) is 22.6 Å². The molecule has 2 heteroatoms. The molecule has 0 aliphatic carbocycles. The fourth-order valence-electron chi connectivity index (χ4n) is 0.901. The molecule has 60 valence electrons. The maximum Gasteiger partial charge on any atom is 0.126 e. The number of hydrogen-bond acceptors (Lipinski definition) is 0. The summed E-state index contributed by atoms with van der Waals surface area (Å²) in [6.07, 6.45) is 0.956. The molecular weight excluding hydrogens is 254 g/mol. The SMILES string of the molecule is Cc1ccc(CCI)cc1F. The van der Waals surface area contributed by atoms with Crippen LogP contribution in [0.25, 0.3) is 0 Å². The van der Waals surface area contributed by atoms with Gasteiger partial charge in [-0.3, -0.25) is 0 Å². The normalized spacial score (nSPS) is 10.1. The van der Waals surface area contributed by atoms with Crippen LogP contribution in [-0.2, 0) is 6.42 Å². The Morgan fingerprint density at radius 3 is 2.73 bits per heavy atom. The molecular formula is C9H10FI. The predicted octanol–water partition coefficient (Wildman–Crippen LogP) is 3.11. The van der Waals surface area contributed by atoms with Gasteiger partial charge in [-0.05, 0) is 30.5 Å². The Kier molecular flexibility index (Phi) is 3.30. The number of halogens is 2. The average molecular weight is 264 g/mol. The summed E-state index contributed by atoms with van der Waals surface area (Å²) in [6.45, 7) is 1.78. The van der Waals surface area contributed by atoms with Gasteiger partial charge < -0.3 is 0 Å². The molecule has 0 fully saturated rings. The summed E-state index contributed by atoms with van der Waals surface area (Å²) in [5.41, 5.74) is 1.81. The van der Waals surface area contributed by atoms with E-state index in [9.17, 15) is 4.39 Å². The molecule has 0 N–H and O–H groups in total. The van der Waals surface area contributed by atoms with Crippen LogP contribution in [0.1, 0.15) is 11.1 Å². The topological polar surface area (TPSA) is 0 Å². The molecule has 1 aromatic rings. The van der Waals surface area contributed by atoms with E-state index in [-0.39, 0.29) is 5.82 Å². The van der Waals surface area contributed by atoms with Gasteiger partial charge in [-0.15, -0.1) is 0 Å². The zero-order valence-electron chi connectivity index (χ0n) is 6.40.